The molecule has 0 spiro atoms. The molecule has 0 saturated heterocycles. The molecule has 0 aromatic heterocycles. The van der Waals surface area contributed by atoms with Crippen molar-refractivity contribution in [2.24, 2.45) is 5.92 Å². The van der Waals surface area contributed by atoms with Gasteiger partial charge in [0.15, 0.2) is 0 Å². The molecule has 1 N–H and O–H groups in total. The SMILES string of the molecule is Cc1ccc(NCC(C)C)cc1I. The average molecular weight is 289 g/mol. The van der Waals surface area contributed by atoms with Crippen LogP contribution >= 0.6 is 22.6 Å². The van der Waals surface area contributed by atoms with Crippen molar-refractivity contribution < 1.29 is 0 Å². The van der Waals surface area contributed by atoms with E-state index in [1.54, 1.807) is 0 Å². The fraction of sp³-hybridized carbons (Fsp3) is 0.455. The van der Waals surface area contributed by atoms with Crippen molar-refractivity contribution in [3.63, 3.8) is 0 Å². The molecule has 1 aromatic rings. The lowest BCUT2D eigenvalue weighted by atomic mass is 10.2. The monoisotopic (exact) mass is 289 g/mol. The summed E-state index contributed by atoms with van der Waals surface area (Å²) in [4.78, 5) is 0. The Morgan fingerprint density at radius 2 is 2.08 bits per heavy atom. The first-order valence-electron chi connectivity index (χ1n) is 4.59. The van der Waals surface area contributed by atoms with Crippen LogP contribution in [0.25, 0.3) is 0 Å². The minimum absolute atomic E-state index is 0.693. The third-order valence-corrected chi connectivity index (χ3v) is 3.05. The highest BCUT2D eigenvalue weighted by Crippen LogP contribution is 2.17. The molecule has 1 nitrogen and oxygen atoms in total. The Labute approximate surface area is 94.1 Å². The van der Waals surface area contributed by atoms with E-state index in [1.807, 2.05) is 0 Å². The van der Waals surface area contributed by atoms with Crippen LogP contribution in [0.5, 0.6) is 0 Å². The van der Waals surface area contributed by atoms with Crippen LogP contribution in [0.15, 0.2) is 18.2 Å². The van der Waals surface area contributed by atoms with Crippen molar-refractivity contribution in [2.45, 2.75) is 20.8 Å². The highest BCUT2D eigenvalue weighted by molar-refractivity contribution is 14.1. The minimum atomic E-state index is 0.693. The van der Waals surface area contributed by atoms with Gasteiger partial charge in [-0.25, -0.2) is 0 Å². The zero-order valence-corrected chi connectivity index (χ0v) is 10.6. The van der Waals surface area contributed by atoms with E-state index < -0.39 is 0 Å². The van der Waals surface area contributed by atoms with Gasteiger partial charge in [-0.3, -0.25) is 0 Å². The molecule has 0 atom stereocenters. The molecule has 72 valence electrons. The normalized spacial score (nSPS) is 10.5. The number of rotatable bonds is 3. The Morgan fingerprint density at radius 3 is 2.62 bits per heavy atom. The van der Waals surface area contributed by atoms with Crippen molar-refractivity contribution in [2.75, 3.05) is 11.9 Å². The van der Waals surface area contributed by atoms with Crippen LogP contribution in [-0.2, 0) is 0 Å². The molecule has 0 aliphatic rings. The molecular formula is C11H16IN. The van der Waals surface area contributed by atoms with Gasteiger partial charge in [-0.15, -0.1) is 0 Å². The van der Waals surface area contributed by atoms with Gasteiger partial charge in [0.25, 0.3) is 0 Å². The molecule has 0 amide bonds. The maximum Gasteiger partial charge on any atom is 0.0351 e. The molecule has 0 aliphatic carbocycles. The fourth-order valence-corrected chi connectivity index (χ4v) is 1.54. The number of anilines is 1. The maximum absolute atomic E-state index is 3.41. The number of aryl methyl sites for hydroxylation is 1. The molecular weight excluding hydrogens is 273 g/mol. The zero-order valence-electron chi connectivity index (χ0n) is 8.39. The topological polar surface area (TPSA) is 12.0 Å². The van der Waals surface area contributed by atoms with Crippen molar-refractivity contribution in [1.29, 1.82) is 0 Å². The predicted molar refractivity (Wildman–Crippen MR) is 67.2 cm³/mol. The van der Waals surface area contributed by atoms with E-state index in [4.69, 9.17) is 0 Å². The van der Waals surface area contributed by atoms with Gasteiger partial charge in [0.1, 0.15) is 0 Å². The second kappa shape index (κ2) is 4.84. The molecule has 0 saturated carbocycles. The lowest BCUT2D eigenvalue weighted by Gasteiger charge is -2.09. The van der Waals surface area contributed by atoms with Crippen molar-refractivity contribution >= 4 is 28.3 Å². The maximum atomic E-state index is 3.41. The molecule has 1 rings (SSSR count). The lowest BCUT2D eigenvalue weighted by molar-refractivity contribution is 0.689. The molecule has 1 aromatic carbocycles. The van der Waals surface area contributed by atoms with Crippen LogP contribution in [0.1, 0.15) is 19.4 Å². The molecule has 0 radical (unpaired) electrons. The van der Waals surface area contributed by atoms with E-state index in [1.165, 1.54) is 14.8 Å². The molecule has 0 heterocycles. The summed E-state index contributed by atoms with van der Waals surface area (Å²) in [6.07, 6.45) is 0. The van der Waals surface area contributed by atoms with Crippen molar-refractivity contribution in [3.05, 3.63) is 27.3 Å². The van der Waals surface area contributed by atoms with Crippen LogP contribution in [-0.4, -0.2) is 6.54 Å². The van der Waals surface area contributed by atoms with Gasteiger partial charge in [0.05, 0.1) is 0 Å². The molecule has 13 heavy (non-hydrogen) atoms. The van der Waals surface area contributed by atoms with Gasteiger partial charge < -0.3 is 5.32 Å². The second-order valence-electron chi connectivity index (χ2n) is 3.74. The Morgan fingerprint density at radius 1 is 1.38 bits per heavy atom. The van der Waals surface area contributed by atoms with Gasteiger partial charge in [-0.1, -0.05) is 19.9 Å². The van der Waals surface area contributed by atoms with Crippen molar-refractivity contribution in [3.8, 4) is 0 Å². The second-order valence-corrected chi connectivity index (χ2v) is 4.90. The largest absolute Gasteiger partial charge is 0.385 e. The van der Waals surface area contributed by atoms with Crippen LogP contribution < -0.4 is 5.32 Å². The number of halogens is 1. The van der Waals surface area contributed by atoms with Crippen LogP contribution in [0.3, 0.4) is 0 Å². The van der Waals surface area contributed by atoms with E-state index in [-0.39, 0.29) is 0 Å². The average Bonchev–Trinajstić information content (AvgIpc) is 2.07. The lowest BCUT2D eigenvalue weighted by Crippen LogP contribution is -2.07. The summed E-state index contributed by atoms with van der Waals surface area (Å²) in [6.45, 7) is 7.60. The number of hydrogen-bond donors (Lipinski definition) is 1. The Bertz CT molecular complexity index is 281. The van der Waals surface area contributed by atoms with Gasteiger partial charge in [0, 0.05) is 15.8 Å². The summed E-state index contributed by atoms with van der Waals surface area (Å²) in [5.74, 6) is 0.693. The van der Waals surface area contributed by atoms with Gasteiger partial charge in [-0.2, -0.15) is 0 Å². The number of benzene rings is 1. The van der Waals surface area contributed by atoms with E-state index in [2.05, 4.69) is 66.9 Å². The summed E-state index contributed by atoms with van der Waals surface area (Å²) < 4.78 is 1.33. The minimum Gasteiger partial charge on any atom is -0.385 e. The molecule has 0 bridgehead atoms. The smallest absolute Gasteiger partial charge is 0.0351 e. The van der Waals surface area contributed by atoms with E-state index in [0.29, 0.717) is 5.92 Å². The van der Waals surface area contributed by atoms with E-state index in [9.17, 15) is 0 Å². The highest BCUT2D eigenvalue weighted by Gasteiger charge is 1.97. The summed E-state index contributed by atoms with van der Waals surface area (Å²) >= 11 is 2.37. The molecule has 0 fully saturated rings. The summed E-state index contributed by atoms with van der Waals surface area (Å²) in [7, 11) is 0. The summed E-state index contributed by atoms with van der Waals surface area (Å²) in [6, 6.07) is 6.49. The van der Waals surface area contributed by atoms with Crippen molar-refractivity contribution in [1.82, 2.24) is 0 Å². The Kier molecular flexibility index (Phi) is 4.03. The standard InChI is InChI=1S/C11H16IN/c1-8(2)7-13-10-5-4-9(3)11(12)6-10/h4-6,8,13H,7H2,1-3H3. The first kappa shape index (κ1) is 10.8. The van der Waals surface area contributed by atoms with Crippen LogP contribution in [0.4, 0.5) is 5.69 Å². The third kappa shape index (κ3) is 3.55. The highest BCUT2D eigenvalue weighted by atomic mass is 127. The zero-order chi connectivity index (χ0) is 9.84. The number of hydrogen-bond acceptors (Lipinski definition) is 1. The summed E-state index contributed by atoms with van der Waals surface area (Å²) in [5.41, 5.74) is 2.57. The molecule has 2 heteroatoms. The van der Waals surface area contributed by atoms with Gasteiger partial charge >= 0.3 is 0 Å². The van der Waals surface area contributed by atoms with Gasteiger partial charge in [0.2, 0.25) is 0 Å². The summed E-state index contributed by atoms with van der Waals surface area (Å²) in [5, 5.41) is 3.41. The molecule has 0 unspecified atom stereocenters. The first-order chi connectivity index (χ1) is 6.09. The third-order valence-electron chi connectivity index (χ3n) is 1.89. The van der Waals surface area contributed by atoms with E-state index >= 15 is 0 Å². The van der Waals surface area contributed by atoms with Crippen LogP contribution in [0, 0.1) is 16.4 Å². The Balaban J connectivity index is 2.63. The predicted octanol–water partition coefficient (Wildman–Crippen LogP) is 3.67. The van der Waals surface area contributed by atoms with Crippen LogP contribution in [0.2, 0.25) is 0 Å². The number of nitrogens with one attached hydrogen (secondary N) is 1. The quantitative estimate of drug-likeness (QED) is 0.837. The first-order valence-corrected chi connectivity index (χ1v) is 5.67. The molecule has 0 aliphatic heterocycles. The fourth-order valence-electron chi connectivity index (χ4n) is 1.02. The van der Waals surface area contributed by atoms with E-state index in [0.717, 1.165) is 6.54 Å². The van der Waals surface area contributed by atoms with Gasteiger partial charge in [-0.05, 0) is 53.1 Å². The Hall–Kier alpha value is -0.250.